The van der Waals surface area contributed by atoms with Crippen molar-refractivity contribution in [2.45, 2.75) is 13.5 Å². The van der Waals surface area contributed by atoms with Crippen molar-refractivity contribution in [2.24, 2.45) is 0 Å². The molecule has 0 aromatic heterocycles. The van der Waals surface area contributed by atoms with E-state index in [0.29, 0.717) is 40.0 Å². The molecule has 0 saturated heterocycles. The third-order valence-corrected chi connectivity index (χ3v) is 5.12. The van der Waals surface area contributed by atoms with Gasteiger partial charge in [0.2, 0.25) is 0 Å². The first kappa shape index (κ1) is 20.2. The molecule has 0 aliphatic carbocycles. The van der Waals surface area contributed by atoms with Crippen LogP contribution in [0.25, 0.3) is 5.57 Å². The van der Waals surface area contributed by atoms with E-state index >= 15 is 0 Å². The predicted octanol–water partition coefficient (Wildman–Crippen LogP) is 4.78. The molecule has 2 aromatic rings. The van der Waals surface area contributed by atoms with Gasteiger partial charge in [0.25, 0.3) is 11.8 Å². The number of likely N-dealkylation sites (N-methyl/N-ethyl adjacent to an activating group) is 1. The molecule has 4 nitrogen and oxygen atoms in total. The summed E-state index contributed by atoms with van der Waals surface area (Å²) < 4.78 is 0. The lowest BCUT2D eigenvalue weighted by Crippen LogP contribution is -2.35. The Morgan fingerprint density at radius 2 is 1.79 bits per heavy atom. The van der Waals surface area contributed by atoms with Crippen LogP contribution >= 0.6 is 23.2 Å². The van der Waals surface area contributed by atoms with Crippen LogP contribution in [0.2, 0.25) is 10.0 Å². The second-order valence-electron chi connectivity index (χ2n) is 6.36. The molecule has 0 spiro atoms. The highest BCUT2D eigenvalue weighted by Gasteiger charge is 2.41. The molecule has 0 unspecified atom stereocenters. The maximum atomic E-state index is 13.1. The lowest BCUT2D eigenvalue weighted by molar-refractivity contribution is -0.136. The number of nitrogens with zero attached hydrogens (tertiary/aromatic N) is 2. The number of amides is 2. The molecule has 6 heteroatoms. The molecule has 28 heavy (non-hydrogen) atoms. The van der Waals surface area contributed by atoms with E-state index in [2.05, 4.69) is 6.58 Å². The number of rotatable bonds is 7. The Morgan fingerprint density at radius 3 is 2.39 bits per heavy atom. The van der Waals surface area contributed by atoms with Crippen LogP contribution < -0.4 is 0 Å². The lowest BCUT2D eigenvalue weighted by atomic mass is 10.0. The van der Waals surface area contributed by atoms with E-state index < -0.39 is 0 Å². The van der Waals surface area contributed by atoms with Gasteiger partial charge in [-0.05, 0) is 24.6 Å². The van der Waals surface area contributed by atoms with Gasteiger partial charge >= 0.3 is 0 Å². The zero-order valence-corrected chi connectivity index (χ0v) is 17.0. The van der Waals surface area contributed by atoms with Crippen molar-refractivity contribution in [3.8, 4) is 0 Å². The first-order valence-electron chi connectivity index (χ1n) is 8.93. The number of hydrogen-bond acceptors (Lipinski definition) is 3. The molecule has 0 radical (unpaired) electrons. The molecule has 0 bridgehead atoms. The van der Waals surface area contributed by atoms with Crippen LogP contribution in [0.1, 0.15) is 18.1 Å². The summed E-state index contributed by atoms with van der Waals surface area (Å²) >= 11 is 12.4. The second-order valence-corrected chi connectivity index (χ2v) is 7.20. The third kappa shape index (κ3) is 3.84. The zero-order chi connectivity index (χ0) is 20.3. The van der Waals surface area contributed by atoms with Crippen LogP contribution in [0.5, 0.6) is 0 Å². The van der Waals surface area contributed by atoms with E-state index in [-0.39, 0.29) is 18.4 Å². The van der Waals surface area contributed by atoms with Crippen molar-refractivity contribution >= 4 is 40.6 Å². The first-order chi connectivity index (χ1) is 13.5. The van der Waals surface area contributed by atoms with Gasteiger partial charge in [0, 0.05) is 30.2 Å². The number of imide groups is 1. The molecule has 1 aliphatic heterocycles. The normalized spacial score (nSPS) is 14.0. The Hall–Kier alpha value is -2.56. The van der Waals surface area contributed by atoms with Crippen molar-refractivity contribution in [1.29, 1.82) is 0 Å². The van der Waals surface area contributed by atoms with E-state index in [1.165, 1.54) is 11.0 Å². The molecule has 0 fully saturated rings. The summed E-state index contributed by atoms with van der Waals surface area (Å²) in [6.45, 7) is 6.80. The summed E-state index contributed by atoms with van der Waals surface area (Å²) in [5.41, 5.74) is 2.19. The summed E-state index contributed by atoms with van der Waals surface area (Å²) in [5, 5.41) is 0.796. The number of hydrogen-bond donors (Lipinski definition) is 0. The van der Waals surface area contributed by atoms with Crippen LogP contribution in [0.3, 0.4) is 0 Å². The maximum absolute atomic E-state index is 13.1. The maximum Gasteiger partial charge on any atom is 0.278 e. The van der Waals surface area contributed by atoms with Gasteiger partial charge in [-0.1, -0.05) is 65.7 Å². The largest absolute Gasteiger partial charge is 0.362 e. The Bertz CT molecular complexity index is 954. The van der Waals surface area contributed by atoms with E-state index in [4.69, 9.17) is 23.2 Å². The van der Waals surface area contributed by atoms with Crippen molar-refractivity contribution in [2.75, 3.05) is 13.1 Å². The first-order valence-corrected chi connectivity index (χ1v) is 9.69. The predicted molar refractivity (Wildman–Crippen MR) is 113 cm³/mol. The van der Waals surface area contributed by atoms with Gasteiger partial charge in [0.1, 0.15) is 5.70 Å². The molecule has 0 N–H and O–H groups in total. The van der Waals surface area contributed by atoms with Gasteiger partial charge < -0.3 is 4.90 Å². The van der Waals surface area contributed by atoms with Crippen molar-refractivity contribution in [3.63, 3.8) is 0 Å². The van der Waals surface area contributed by atoms with Crippen LogP contribution in [0, 0.1) is 0 Å². The fourth-order valence-corrected chi connectivity index (χ4v) is 3.74. The fourth-order valence-electron chi connectivity index (χ4n) is 3.24. The Kier molecular flexibility index (Phi) is 6.22. The molecule has 1 heterocycles. The Labute approximate surface area is 174 Å². The minimum Gasteiger partial charge on any atom is -0.362 e. The number of carbonyl (C=O) groups is 2. The van der Waals surface area contributed by atoms with Gasteiger partial charge in [-0.25, -0.2) is 0 Å². The average Bonchev–Trinajstić information content (AvgIpc) is 2.92. The quantitative estimate of drug-likeness (QED) is 0.483. The average molecular weight is 415 g/mol. The fraction of sp³-hybridized carbons (Fsp3) is 0.182. The van der Waals surface area contributed by atoms with Gasteiger partial charge in [-0.3, -0.25) is 14.5 Å². The van der Waals surface area contributed by atoms with Crippen LogP contribution in [0.15, 0.2) is 66.9 Å². The number of benzene rings is 2. The highest BCUT2D eigenvalue weighted by atomic mass is 35.5. The summed E-state index contributed by atoms with van der Waals surface area (Å²) in [6.07, 6.45) is 1.54. The van der Waals surface area contributed by atoms with Crippen molar-refractivity contribution < 1.29 is 9.59 Å². The molecule has 2 amide bonds. The van der Waals surface area contributed by atoms with Crippen LogP contribution in [-0.2, 0) is 16.1 Å². The molecule has 0 saturated carbocycles. The van der Waals surface area contributed by atoms with E-state index in [1.54, 1.807) is 18.2 Å². The molecular formula is C22H20Cl2N2O2. The zero-order valence-electron chi connectivity index (χ0n) is 15.5. The van der Waals surface area contributed by atoms with Gasteiger partial charge in [-0.2, -0.15) is 0 Å². The minimum absolute atomic E-state index is 0.138. The highest BCUT2D eigenvalue weighted by molar-refractivity contribution is 6.41. The minimum atomic E-state index is -0.379. The molecule has 0 atom stereocenters. The van der Waals surface area contributed by atoms with E-state index in [1.807, 2.05) is 42.2 Å². The van der Waals surface area contributed by atoms with Gasteiger partial charge in [0.15, 0.2) is 0 Å². The molecule has 1 aliphatic rings. The summed E-state index contributed by atoms with van der Waals surface area (Å²) in [7, 11) is 0. The molecule has 2 aromatic carbocycles. The molecule has 144 valence electrons. The standard InChI is InChI=1S/C22H20Cl2N2O2/c1-3-12-26-21(27)19(17-11-10-16(23)13-18(17)24)20(22(26)28)25(4-2)14-15-8-6-5-7-9-15/h3,5-11,13H,1,4,12,14H2,2H3. The molecule has 3 rings (SSSR count). The smallest absolute Gasteiger partial charge is 0.278 e. The number of carbonyl (C=O) groups excluding carboxylic acids is 2. The van der Waals surface area contributed by atoms with Gasteiger partial charge in [-0.15, -0.1) is 6.58 Å². The topological polar surface area (TPSA) is 40.6 Å². The van der Waals surface area contributed by atoms with Crippen LogP contribution in [0.4, 0.5) is 0 Å². The lowest BCUT2D eigenvalue weighted by Gasteiger charge is -2.25. The third-order valence-electron chi connectivity index (χ3n) is 4.57. The monoisotopic (exact) mass is 414 g/mol. The SMILES string of the molecule is C=CCN1C(=O)C(c2ccc(Cl)cc2Cl)=C(N(CC)Cc2ccccc2)C1=O. The summed E-state index contributed by atoms with van der Waals surface area (Å²) in [5.74, 6) is -0.723. The summed E-state index contributed by atoms with van der Waals surface area (Å²) in [6, 6.07) is 14.7. The second kappa shape index (κ2) is 8.63. The van der Waals surface area contributed by atoms with E-state index in [0.717, 1.165) is 5.56 Å². The van der Waals surface area contributed by atoms with Crippen molar-refractivity contribution in [3.05, 3.63) is 88.1 Å². The highest BCUT2D eigenvalue weighted by Crippen LogP contribution is 2.36. The van der Waals surface area contributed by atoms with E-state index in [9.17, 15) is 9.59 Å². The Morgan fingerprint density at radius 1 is 1.07 bits per heavy atom. The van der Waals surface area contributed by atoms with Crippen molar-refractivity contribution in [1.82, 2.24) is 9.80 Å². The molecular weight excluding hydrogens is 395 g/mol. The van der Waals surface area contributed by atoms with Gasteiger partial charge in [0.05, 0.1) is 10.6 Å². The number of halogens is 2. The Balaban J connectivity index is 2.14. The summed E-state index contributed by atoms with van der Waals surface area (Å²) in [4.78, 5) is 29.3. The van der Waals surface area contributed by atoms with Crippen LogP contribution in [-0.4, -0.2) is 34.7 Å².